The van der Waals surface area contributed by atoms with Crippen LogP contribution in [0.4, 0.5) is 10.5 Å². The third kappa shape index (κ3) is 4.06. The summed E-state index contributed by atoms with van der Waals surface area (Å²) in [6, 6.07) is 9.67. The van der Waals surface area contributed by atoms with Gasteiger partial charge in [0.25, 0.3) is 0 Å². The first-order chi connectivity index (χ1) is 10.1. The van der Waals surface area contributed by atoms with Crippen LogP contribution in [0.2, 0.25) is 0 Å². The number of nitrogens with one attached hydrogen (secondary N) is 2. The average molecular weight is 304 g/mol. The summed E-state index contributed by atoms with van der Waals surface area (Å²) in [4.78, 5) is 24.0. The van der Waals surface area contributed by atoms with E-state index in [4.69, 9.17) is 5.11 Å². The Labute approximate surface area is 126 Å². The van der Waals surface area contributed by atoms with Gasteiger partial charge in [0.2, 0.25) is 0 Å². The van der Waals surface area contributed by atoms with E-state index in [1.165, 1.54) is 12.1 Å². The van der Waals surface area contributed by atoms with Gasteiger partial charge >= 0.3 is 12.0 Å². The van der Waals surface area contributed by atoms with Crippen LogP contribution in [0.1, 0.15) is 34.6 Å². The van der Waals surface area contributed by atoms with E-state index in [0.717, 1.165) is 11.3 Å². The summed E-state index contributed by atoms with van der Waals surface area (Å²) in [5.74, 6) is -1.02. The maximum Gasteiger partial charge on any atom is 0.335 e. The molecule has 0 saturated heterocycles. The number of hydrogen-bond acceptors (Lipinski definition) is 3. The summed E-state index contributed by atoms with van der Waals surface area (Å²) in [5, 5.41) is 16.4. The van der Waals surface area contributed by atoms with Crippen LogP contribution in [0.25, 0.3) is 0 Å². The Balaban J connectivity index is 2.01. The van der Waals surface area contributed by atoms with E-state index in [1.54, 1.807) is 23.5 Å². The van der Waals surface area contributed by atoms with E-state index in [9.17, 15) is 9.59 Å². The number of amides is 2. The highest BCUT2D eigenvalue weighted by atomic mass is 32.1. The molecule has 110 valence electrons. The minimum absolute atomic E-state index is 0.0485. The number of urea groups is 1. The zero-order valence-electron chi connectivity index (χ0n) is 11.5. The van der Waals surface area contributed by atoms with Crippen molar-refractivity contribution < 1.29 is 14.7 Å². The van der Waals surface area contributed by atoms with Gasteiger partial charge in [-0.3, -0.25) is 0 Å². The van der Waals surface area contributed by atoms with Crippen LogP contribution in [0.5, 0.6) is 0 Å². The zero-order valence-corrected chi connectivity index (χ0v) is 12.3. The normalized spacial score (nSPS) is 11.7. The second kappa shape index (κ2) is 6.90. The third-order valence-electron chi connectivity index (χ3n) is 2.97. The van der Waals surface area contributed by atoms with Crippen LogP contribution in [0.15, 0.2) is 41.8 Å². The molecule has 0 aliphatic carbocycles. The topological polar surface area (TPSA) is 78.4 Å². The van der Waals surface area contributed by atoms with Crippen molar-refractivity contribution in [2.75, 3.05) is 5.32 Å². The molecule has 1 aromatic heterocycles. The summed E-state index contributed by atoms with van der Waals surface area (Å²) in [7, 11) is 0. The number of carboxylic acid groups (broad SMARTS) is 1. The van der Waals surface area contributed by atoms with Crippen molar-refractivity contribution >= 4 is 29.0 Å². The third-order valence-corrected chi connectivity index (χ3v) is 3.95. The molecule has 0 saturated carbocycles. The summed E-state index contributed by atoms with van der Waals surface area (Å²) in [6.07, 6.45) is 0.781. The van der Waals surface area contributed by atoms with Gasteiger partial charge in [-0.2, -0.15) is 0 Å². The number of anilines is 1. The van der Waals surface area contributed by atoms with Gasteiger partial charge in [0.05, 0.1) is 11.6 Å². The maximum atomic E-state index is 12.0. The quantitative estimate of drug-likeness (QED) is 0.787. The van der Waals surface area contributed by atoms with Gasteiger partial charge in [-0.05, 0) is 36.1 Å². The Bertz CT molecular complexity index is 626. The Morgan fingerprint density at radius 2 is 2.10 bits per heavy atom. The van der Waals surface area contributed by atoms with Gasteiger partial charge in [0, 0.05) is 10.6 Å². The van der Waals surface area contributed by atoms with E-state index >= 15 is 0 Å². The van der Waals surface area contributed by atoms with E-state index in [1.807, 2.05) is 24.4 Å². The van der Waals surface area contributed by atoms with E-state index in [2.05, 4.69) is 10.6 Å². The molecule has 3 N–H and O–H groups in total. The number of rotatable bonds is 5. The van der Waals surface area contributed by atoms with Crippen molar-refractivity contribution in [3.05, 3.63) is 52.2 Å². The molecule has 0 fully saturated rings. The Morgan fingerprint density at radius 3 is 2.71 bits per heavy atom. The molecule has 5 nitrogen and oxygen atoms in total. The Kier molecular flexibility index (Phi) is 4.94. The van der Waals surface area contributed by atoms with Crippen LogP contribution in [0.3, 0.4) is 0 Å². The Hall–Kier alpha value is -2.34. The predicted molar refractivity (Wildman–Crippen MR) is 82.9 cm³/mol. The lowest BCUT2D eigenvalue weighted by Gasteiger charge is -2.16. The first-order valence-corrected chi connectivity index (χ1v) is 7.42. The molecule has 1 heterocycles. The molecule has 0 aliphatic heterocycles. The average Bonchev–Trinajstić information content (AvgIpc) is 2.99. The van der Waals surface area contributed by atoms with Crippen LogP contribution in [-0.4, -0.2) is 17.1 Å². The molecule has 21 heavy (non-hydrogen) atoms. The van der Waals surface area contributed by atoms with Crippen LogP contribution < -0.4 is 10.6 Å². The largest absolute Gasteiger partial charge is 0.478 e. The van der Waals surface area contributed by atoms with Crippen molar-refractivity contribution in [2.45, 2.75) is 19.4 Å². The SMILES string of the molecule is CCC(NC(=O)Nc1cccc(C(=O)O)c1)c1cccs1. The number of hydrogen-bond donors (Lipinski definition) is 3. The standard InChI is InChI=1S/C15H16N2O3S/c1-2-12(13-7-4-8-21-13)17-15(20)16-11-6-3-5-10(9-11)14(18)19/h3-9,12H,2H2,1H3,(H,18,19)(H2,16,17,20). The predicted octanol–water partition coefficient (Wildman–Crippen LogP) is 3.72. The zero-order chi connectivity index (χ0) is 15.2. The lowest BCUT2D eigenvalue weighted by atomic mass is 10.2. The van der Waals surface area contributed by atoms with E-state index < -0.39 is 5.97 Å². The van der Waals surface area contributed by atoms with Crippen LogP contribution in [-0.2, 0) is 0 Å². The van der Waals surface area contributed by atoms with Crippen molar-refractivity contribution in [1.29, 1.82) is 0 Å². The van der Waals surface area contributed by atoms with Gasteiger partial charge in [-0.15, -0.1) is 11.3 Å². The fourth-order valence-corrected chi connectivity index (χ4v) is 2.78. The number of benzene rings is 1. The lowest BCUT2D eigenvalue weighted by molar-refractivity contribution is 0.0697. The van der Waals surface area contributed by atoms with Crippen molar-refractivity contribution in [3.63, 3.8) is 0 Å². The van der Waals surface area contributed by atoms with Gasteiger partial charge < -0.3 is 15.7 Å². The van der Waals surface area contributed by atoms with Crippen LogP contribution >= 0.6 is 11.3 Å². The number of thiophene rings is 1. The van der Waals surface area contributed by atoms with Gasteiger partial charge in [-0.25, -0.2) is 9.59 Å². The molecule has 0 spiro atoms. The molecule has 0 bridgehead atoms. The van der Waals surface area contributed by atoms with E-state index in [0.29, 0.717) is 5.69 Å². The molecule has 2 rings (SSSR count). The second-order valence-electron chi connectivity index (χ2n) is 4.46. The van der Waals surface area contributed by atoms with Gasteiger partial charge in [0.1, 0.15) is 0 Å². The second-order valence-corrected chi connectivity index (χ2v) is 5.44. The molecule has 2 amide bonds. The number of carbonyl (C=O) groups is 2. The summed E-state index contributed by atoms with van der Waals surface area (Å²) < 4.78 is 0. The molecule has 1 unspecified atom stereocenters. The number of carboxylic acids is 1. The highest BCUT2D eigenvalue weighted by molar-refractivity contribution is 7.10. The van der Waals surface area contributed by atoms with Crippen molar-refractivity contribution in [1.82, 2.24) is 5.32 Å². The Morgan fingerprint density at radius 1 is 1.29 bits per heavy atom. The first kappa shape index (κ1) is 15.1. The molecule has 0 aliphatic rings. The van der Waals surface area contributed by atoms with Crippen molar-refractivity contribution in [3.8, 4) is 0 Å². The number of aromatic carboxylic acids is 1. The fourth-order valence-electron chi connectivity index (χ4n) is 1.92. The van der Waals surface area contributed by atoms with Gasteiger partial charge in [-0.1, -0.05) is 19.1 Å². The highest BCUT2D eigenvalue weighted by Crippen LogP contribution is 2.21. The molecule has 0 radical (unpaired) electrons. The lowest BCUT2D eigenvalue weighted by Crippen LogP contribution is -2.31. The smallest absolute Gasteiger partial charge is 0.335 e. The van der Waals surface area contributed by atoms with Crippen molar-refractivity contribution in [2.24, 2.45) is 0 Å². The first-order valence-electron chi connectivity index (χ1n) is 6.54. The molecule has 1 aromatic carbocycles. The number of carbonyl (C=O) groups excluding carboxylic acids is 1. The molecular weight excluding hydrogens is 288 g/mol. The minimum atomic E-state index is -1.02. The maximum absolute atomic E-state index is 12.0. The molecule has 2 aromatic rings. The van der Waals surface area contributed by atoms with E-state index in [-0.39, 0.29) is 17.6 Å². The summed E-state index contributed by atoms with van der Waals surface area (Å²) in [6.45, 7) is 2.00. The molecule has 1 atom stereocenters. The summed E-state index contributed by atoms with van der Waals surface area (Å²) >= 11 is 1.59. The fraction of sp³-hybridized carbons (Fsp3) is 0.200. The highest BCUT2D eigenvalue weighted by Gasteiger charge is 2.14. The molecular formula is C15H16N2O3S. The van der Waals surface area contributed by atoms with Gasteiger partial charge in [0.15, 0.2) is 0 Å². The van der Waals surface area contributed by atoms with Crippen LogP contribution in [0, 0.1) is 0 Å². The summed E-state index contributed by atoms with van der Waals surface area (Å²) in [5.41, 5.74) is 0.589. The molecule has 6 heteroatoms. The monoisotopic (exact) mass is 304 g/mol. The minimum Gasteiger partial charge on any atom is -0.478 e.